The zero-order valence-corrected chi connectivity index (χ0v) is 12.7. The first-order valence-corrected chi connectivity index (χ1v) is 7.60. The summed E-state index contributed by atoms with van der Waals surface area (Å²) in [6.45, 7) is 9.80. The van der Waals surface area contributed by atoms with E-state index in [0.717, 1.165) is 37.5 Å². The van der Waals surface area contributed by atoms with Crippen molar-refractivity contribution in [3.05, 3.63) is 5.01 Å². The average Bonchev–Trinajstić information content (AvgIpc) is 2.82. The fourth-order valence-corrected chi connectivity index (χ4v) is 2.46. The van der Waals surface area contributed by atoms with E-state index in [1.54, 1.807) is 0 Å². The molecule has 0 aliphatic rings. The summed E-state index contributed by atoms with van der Waals surface area (Å²) in [7, 11) is 0. The third-order valence-corrected chi connectivity index (χ3v) is 3.66. The van der Waals surface area contributed by atoms with Gasteiger partial charge < -0.3 is 10.2 Å². The topological polar surface area (TPSA) is 70.1 Å². The van der Waals surface area contributed by atoms with E-state index in [0.29, 0.717) is 11.7 Å². The second kappa shape index (κ2) is 8.82. The quantitative estimate of drug-likeness (QED) is 0.766. The number of aryl methyl sites for hydroxylation is 1. The molecule has 7 heteroatoms. The van der Waals surface area contributed by atoms with E-state index in [1.807, 2.05) is 0 Å². The lowest BCUT2D eigenvalue weighted by molar-refractivity contribution is 0.248. The van der Waals surface area contributed by atoms with Crippen LogP contribution in [0.1, 0.15) is 32.2 Å². The highest BCUT2D eigenvalue weighted by molar-refractivity contribution is 7.15. The normalized spacial score (nSPS) is 10.7. The lowest BCUT2D eigenvalue weighted by Gasteiger charge is -2.17. The van der Waals surface area contributed by atoms with Crippen molar-refractivity contribution < 1.29 is 4.79 Å². The first-order chi connectivity index (χ1) is 9.19. The summed E-state index contributed by atoms with van der Waals surface area (Å²) in [6.07, 6.45) is 1.94. The Morgan fingerprint density at radius 3 is 2.63 bits per heavy atom. The van der Waals surface area contributed by atoms with E-state index in [2.05, 4.69) is 46.5 Å². The number of anilines is 1. The molecule has 2 N–H and O–H groups in total. The number of hydrogen-bond acceptors (Lipinski definition) is 5. The van der Waals surface area contributed by atoms with Gasteiger partial charge in [-0.2, -0.15) is 0 Å². The van der Waals surface area contributed by atoms with Crippen molar-refractivity contribution in [3.8, 4) is 0 Å². The minimum atomic E-state index is -0.216. The number of nitrogens with zero attached hydrogens (tertiary/aromatic N) is 3. The largest absolute Gasteiger partial charge is 0.337 e. The van der Waals surface area contributed by atoms with E-state index in [4.69, 9.17) is 0 Å². The molecule has 0 aliphatic heterocycles. The van der Waals surface area contributed by atoms with Crippen molar-refractivity contribution in [1.29, 1.82) is 0 Å². The molecule has 0 spiro atoms. The smallest absolute Gasteiger partial charge is 0.321 e. The van der Waals surface area contributed by atoms with Crippen LogP contribution in [0.15, 0.2) is 0 Å². The zero-order chi connectivity index (χ0) is 14.1. The molecule has 19 heavy (non-hydrogen) atoms. The van der Waals surface area contributed by atoms with Crippen LogP contribution in [0.25, 0.3) is 0 Å². The molecule has 1 heterocycles. The Morgan fingerprint density at radius 1 is 1.26 bits per heavy atom. The number of aromatic nitrogens is 2. The Balaban J connectivity index is 2.26. The summed E-state index contributed by atoms with van der Waals surface area (Å²) in [6, 6.07) is -0.216. The number of carbonyl (C=O) groups is 1. The van der Waals surface area contributed by atoms with Crippen LogP contribution in [0.3, 0.4) is 0 Å². The zero-order valence-electron chi connectivity index (χ0n) is 11.9. The number of amides is 2. The van der Waals surface area contributed by atoms with E-state index >= 15 is 0 Å². The van der Waals surface area contributed by atoms with Gasteiger partial charge in [-0.15, -0.1) is 10.2 Å². The van der Waals surface area contributed by atoms with Crippen molar-refractivity contribution in [1.82, 2.24) is 20.4 Å². The standard InChI is InChI=1S/C12H23N5OS/c1-4-7-10-15-16-12(19-10)14-11(18)13-8-9-17(5-2)6-3/h4-9H2,1-3H3,(H2,13,14,16,18). The number of rotatable bonds is 8. The van der Waals surface area contributed by atoms with Crippen LogP contribution >= 0.6 is 11.3 Å². The fraction of sp³-hybridized carbons (Fsp3) is 0.750. The van der Waals surface area contributed by atoms with Gasteiger partial charge in [-0.1, -0.05) is 32.1 Å². The highest BCUT2D eigenvalue weighted by atomic mass is 32.1. The second-order valence-corrected chi connectivity index (χ2v) is 5.22. The minimum absolute atomic E-state index is 0.216. The van der Waals surface area contributed by atoms with E-state index in [1.165, 1.54) is 11.3 Å². The molecule has 6 nitrogen and oxygen atoms in total. The van der Waals surface area contributed by atoms with Gasteiger partial charge in [0.25, 0.3) is 0 Å². The lowest BCUT2D eigenvalue weighted by Crippen LogP contribution is -2.36. The third kappa shape index (κ3) is 5.98. The maximum Gasteiger partial charge on any atom is 0.321 e. The summed E-state index contributed by atoms with van der Waals surface area (Å²) < 4.78 is 0. The number of urea groups is 1. The van der Waals surface area contributed by atoms with Gasteiger partial charge in [-0.05, 0) is 19.5 Å². The molecular formula is C12H23N5OS. The lowest BCUT2D eigenvalue weighted by atomic mass is 10.4. The van der Waals surface area contributed by atoms with Gasteiger partial charge in [0.1, 0.15) is 5.01 Å². The van der Waals surface area contributed by atoms with Crippen LogP contribution in [0.2, 0.25) is 0 Å². The van der Waals surface area contributed by atoms with Gasteiger partial charge in [0, 0.05) is 19.5 Å². The fourth-order valence-electron chi connectivity index (χ4n) is 1.63. The van der Waals surface area contributed by atoms with Crippen molar-refractivity contribution >= 4 is 22.5 Å². The molecule has 0 saturated heterocycles. The molecule has 2 amide bonds. The van der Waals surface area contributed by atoms with Crippen molar-refractivity contribution in [2.24, 2.45) is 0 Å². The molecule has 0 saturated carbocycles. The summed E-state index contributed by atoms with van der Waals surface area (Å²) in [4.78, 5) is 13.9. The molecular weight excluding hydrogens is 262 g/mol. The Labute approximate surface area is 118 Å². The van der Waals surface area contributed by atoms with E-state index in [9.17, 15) is 4.79 Å². The van der Waals surface area contributed by atoms with Crippen molar-refractivity contribution in [2.75, 3.05) is 31.5 Å². The maximum absolute atomic E-state index is 11.6. The predicted molar refractivity (Wildman–Crippen MR) is 78.7 cm³/mol. The van der Waals surface area contributed by atoms with Crippen LogP contribution in [-0.2, 0) is 6.42 Å². The summed E-state index contributed by atoms with van der Waals surface area (Å²) in [5.74, 6) is 0. The van der Waals surface area contributed by atoms with Crippen molar-refractivity contribution in [2.45, 2.75) is 33.6 Å². The molecule has 0 aliphatic carbocycles. The first kappa shape index (κ1) is 15.8. The Hall–Kier alpha value is -1.21. The Morgan fingerprint density at radius 2 is 2.00 bits per heavy atom. The first-order valence-electron chi connectivity index (χ1n) is 6.79. The highest BCUT2D eigenvalue weighted by Gasteiger charge is 2.07. The number of carbonyl (C=O) groups excluding carboxylic acids is 1. The minimum Gasteiger partial charge on any atom is -0.337 e. The highest BCUT2D eigenvalue weighted by Crippen LogP contribution is 2.15. The monoisotopic (exact) mass is 285 g/mol. The predicted octanol–water partition coefficient (Wildman–Crippen LogP) is 1.95. The van der Waals surface area contributed by atoms with Gasteiger partial charge >= 0.3 is 6.03 Å². The molecule has 0 fully saturated rings. The molecule has 1 aromatic heterocycles. The molecule has 0 unspecified atom stereocenters. The van der Waals surface area contributed by atoms with Gasteiger partial charge in [-0.25, -0.2) is 4.79 Å². The van der Waals surface area contributed by atoms with Crippen LogP contribution in [0.5, 0.6) is 0 Å². The van der Waals surface area contributed by atoms with Crippen LogP contribution < -0.4 is 10.6 Å². The molecule has 1 aromatic rings. The molecule has 0 radical (unpaired) electrons. The molecule has 0 bridgehead atoms. The van der Waals surface area contributed by atoms with Crippen molar-refractivity contribution in [3.63, 3.8) is 0 Å². The molecule has 108 valence electrons. The third-order valence-electron chi connectivity index (χ3n) is 2.76. The number of likely N-dealkylation sites (N-methyl/N-ethyl adjacent to an activating group) is 1. The van der Waals surface area contributed by atoms with Gasteiger partial charge in [0.05, 0.1) is 0 Å². The molecule has 0 atom stereocenters. The number of nitrogens with one attached hydrogen (secondary N) is 2. The van der Waals surface area contributed by atoms with Crippen LogP contribution in [-0.4, -0.2) is 47.3 Å². The Bertz CT molecular complexity index is 378. The van der Waals surface area contributed by atoms with Gasteiger partial charge in [0.15, 0.2) is 0 Å². The molecule has 1 rings (SSSR count). The second-order valence-electron chi connectivity index (χ2n) is 4.16. The molecule has 0 aromatic carbocycles. The summed E-state index contributed by atoms with van der Waals surface area (Å²) in [5.41, 5.74) is 0. The Kier molecular flexibility index (Phi) is 7.35. The SMILES string of the molecule is CCCc1nnc(NC(=O)NCCN(CC)CC)s1. The maximum atomic E-state index is 11.6. The summed E-state index contributed by atoms with van der Waals surface area (Å²) in [5, 5.41) is 15.0. The van der Waals surface area contributed by atoms with Gasteiger partial charge in [0.2, 0.25) is 5.13 Å². The van der Waals surface area contributed by atoms with Crippen LogP contribution in [0, 0.1) is 0 Å². The van der Waals surface area contributed by atoms with E-state index in [-0.39, 0.29) is 6.03 Å². The van der Waals surface area contributed by atoms with Crippen LogP contribution in [0.4, 0.5) is 9.93 Å². The average molecular weight is 285 g/mol. The van der Waals surface area contributed by atoms with Gasteiger partial charge in [-0.3, -0.25) is 5.32 Å². The summed E-state index contributed by atoms with van der Waals surface area (Å²) >= 11 is 1.43. The number of hydrogen-bond donors (Lipinski definition) is 2. The van der Waals surface area contributed by atoms with E-state index < -0.39 is 0 Å².